The van der Waals surface area contributed by atoms with Gasteiger partial charge in [0.05, 0.1) is 24.4 Å². The van der Waals surface area contributed by atoms with Crippen LogP contribution in [0.3, 0.4) is 0 Å². The number of rotatable bonds is 6. The van der Waals surface area contributed by atoms with Crippen LogP contribution in [0.5, 0.6) is 5.75 Å². The Morgan fingerprint density at radius 3 is 2.76 bits per heavy atom. The van der Waals surface area contributed by atoms with Gasteiger partial charge >= 0.3 is 6.03 Å². The summed E-state index contributed by atoms with van der Waals surface area (Å²) in [5, 5.41) is 5.63. The van der Waals surface area contributed by atoms with Crippen LogP contribution in [0.2, 0.25) is 0 Å². The molecule has 2 aromatic carbocycles. The van der Waals surface area contributed by atoms with E-state index in [1.54, 1.807) is 43.3 Å². The van der Waals surface area contributed by atoms with Crippen molar-refractivity contribution in [2.75, 3.05) is 19.0 Å². The first-order valence-corrected chi connectivity index (χ1v) is 9.05. The minimum absolute atomic E-state index is 0.235. The molecule has 0 saturated carbocycles. The summed E-state index contributed by atoms with van der Waals surface area (Å²) in [6.45, 7) is 5.58. The number of nitrogens with one attached hydrogen (secondary N) is 2. The average Bonchev–Trinajstić information content (AvgIpc) is 2.71. The number of methoxy groups -OCH3 is 1. The number of ether oxygens (including phenoxy) is 1. The highest BCUT2D eigenvalue weighted by Gasteiger charge is 2.35. The second kappa shape index (κ2) is 8.60. The topological polar surface area (TPSA) is 70.7 Å². The lowest BCUT2D eigenvalue weighted by Gasteiger charge is -2.35. The molecule has 0 aromatic heterocycles. The van der Waals surface area contributed by atoms with E-state index in [9.17, 15) is 14.0 Å². The first-order valence-electron chi connectivity index (χ1n) is 9.05. The van der Waals surface area contributed by atoms with E-state index in [0.717, 1.165) is 0 Å². The van der Waals surface area contributed by atoms with Crippen molar-refractivity contribution in [3.05, 3.63) is 83.8 Å². The standard InChI is InChI=1S/C22H22FN3O3/c1-4-12-26-14(2)19(21(27)24-17-10-5-6-11-18(17)29-3)20(25-22(26)28)15-8-7-9-16(23)13-15/h4-11,13,20H,1,12H2,2-3H3,(H,24,27)(H,25,28)/t20-/m1/s1. The maximum atomic E-state index is 13.8. The monoisotopic (exact) mass is 395 g/mol. The molecule has 2 N–H and O–H groups in total. The second-order valence-electron chi connectivity index (χ2n) is 6.49. The Morgan fingerprint density at radius 1 is 1.31 bits per heavy atom. The van der Waals surface area contributed by atoms with E-state index in [1.807, 2.05) is 0 Å². The molecule has 0 aliphatic carbocycles. The fourth-order valence-electron chi connectivity index (χ4n) is 3.30. The Hall–Kier alpha value is -3.61. The van der Waals surface area contributed by atoms with Crippen LogP contribution < -0.4 is 15.4 Å². The number of para-hydroxylation sites is 2. The molecule has 6 nitrogen and oxygen atoms in total. The van der Waals surface area contributed by atoms with Gasteiger partial charge in [-0.05, 0) is 36.8 Å². The maximum Gasteiger partial charge on any atom is 0.322 e. The number of hydrogen-bond acceptors (Lipinski definition) is 3. The normalized spacial score (nSPS) is 16.3. The lowest BCUT2D eigenvalue weighted by Crippen LogP contribution is -2.48. The van der Waals surface area contributed by atoms with Crippen molar-refractivity contribution < 1.29 is 18.7 Å². The minimum Gasteiger partial charge on any atom is -0.495 e. The van der Waals surface area contributed by atoms with Crippen LogP contribution in [0.4, 0.5) is 14.9 Å². The van der Waals surface area contributed by atoms with Gasteiger partial charge in [0.2, 0.25) is 0 Å². The number of nitrogens with zero attached hydrogens (tertiary/aromatic N) is 1. The maximum absolute atomic E-state index is 13.8. The second-order valence-corrected chi connectivity index (χ2v) is 6.49. The van der Waals surface area contributed by atoms with Crippen LogP contribution in [0, 0.1) is 5.82 Å². The molecule has 7 heteroatoms. The van der Waals surface area contributed by atoms with Crippen molar-refractivity contribution in [2.45, 2.75) is 13.0 Å². The lowest BCUT2D eigenvalue weighted by molar-refractivity contribution is -0.113. The molecule has 29 heavy (non-hydrogen) atoms. The van der Waals surface area contributed by atoms with Gasteiger partial charge in [-0.3, -0.25) is 9.69 Å². The smallest absolute Gasteiger partial charge is 0.322 e. The number of anilines is 1. The summed E-state index contributed by atoms with van der Waals surface area (Å²) >= 11 is 0. The lowest BCUT2D eigenvalue weighted by atomic mass is 9.94. The zero-order valence-electron chi connectivity index (χ0n) is 16.2. The molecular formula is C22H22FN3O3. The summed E-state index contributed by atoms with van der Waals surface area (Å²) in [4.78, 5) is 27.2. The molecule has 0 fully saturated rings. The SMILES string of the molecule is C=CCN1C(=O)N[C@H](c2cccc(F)c2)C(C(=O)Nc2ccccc2OC)=C1C. The predicted octanol–water partition coefficient (Wildman–Crippen LogP) is 4.00. The van der Waals surface area contributed by atoms with E-state index in [1.165, 1.54) is 30.2 Å². The first-order chi connectivity index (χ1) is 14.0. The first kappa shape index (κ1) is 20.1. The van der Waals surface area contributed by atoms with Crippen molar-refractivity contribution in [1.29, 1.82) is 0 Å². The third-order valence-corrected chi connectivity index (χ3v) is 4.69. The third kappa shape index (κ3) is 4.13. The fraction of sp³-hybridized carbons (Fsp3) is 0.182. The van der Waals surface area contributed by atoms with E-state index in [0.29, 0.717) is 28.3 Å². The predicted molar refractivity (Wildman–Crippen MR) is 109 cm³/mol. The number of benzene rings is 2. The molecule has 0 spiro atoms. The van der Waals surface area contributed by atoms with Crippen molar-refractivity contribution >= 4 is 17.6 Å². The number of urea groups is 1. The van der Waals surface area contributed by atoms with Crippen LogP contribution in [-0.4, -0.2) is 30.5 Å². The van der Waals surface area contributed by atoms with E-state index in [-0.39, 0.29) is 12.6 Å². The molecule has 3 rings (SSSR count). The van der Waals surface area contributed by atoms with Gasteiger partial charge in [0.25, 0.3) is 5.91 Å². The molecule has 1 heterocycles. The van der Waals surface area contributed by atoms with E-state index in [2.05, 4.69) is 17.2 Å². The summed E-state index contributed by atoms with van der Waals surface area (Å²) < 4.78 is 19.1. The number of halogens is 1. The van der Waals surface area contributed by atoms with Crippen molar-refractivity contribution in [3.63, 3.8) is 0 Å². The Balaban J connectivity index is 2.06. The third-order valence-electron chi connectivity index (χ3n) is 4.69. The zero-order valence-corrected chi connectivity index (χ0v) is 16.2. The van der Waals surface area contributed by atoms with Crippen LogP contribution in [0.15, 0.2) is 72.5 Å². The Morgan fingerprint density at radius 2 is 2.07 bits per heavy atom. The molecule has 0 unspecified atom stereocenters. The van der Waals surface area contributed by atoms with Gasteiger partial charge in [0.15, 0.2) is 0 Å². The van der Waals surface area contributed by atoms with Crippen LogP contribution in [0.1, 0.15) is 18.5 Å². The molecule has 0 radical (unpaired) electrons. The van der Waals surface area contributed by atoms with E-state index >= 15 is 0 Å². The molecular weight excluding hydrogens is 373 g/mol. The van der Waals surface area contributed by atoms with Gasteiger partial charge in [-0.25, -0.2) is 9.18 Å². The van der Waals surface area contributed by atoms with Crippen LogP contribution in [0.25, 0.3) is 0 Å². The number of hydrogen-bond donors (Lipinski definition) is 2. The average molecular weight is 395 g/mol. The van der Waals surface area contributed by atoms with Crippen molar-refractivity contribution in [1.82, 2.24) is 10.2 Å². The highest BCUT2D eigenvalue weighted by Crippen LogP contribution is 2.32. The highest BCUT2D eigenvalue weighted by atomic mass is 19.1. The highest BCUT2D eigenvalue weighted by molar-refractivity contribution is 6.07. The number of carbonyl (C=O) groups is 2. The summed E-state index contributed by atoms with van der Waals surface area (Å²) in [5.41, 5.74) is 1.74. The Bertz CT molecular complexity index is 987. The molecule has 0 bridgehead atoms. The van der Waals surface area contributed by atoms with Gasteiger partial charge in [-0.2, -0.15) is 0 Å². The molecule has 0 saturated heterocycles. The molecule has 150 valence electrons. The van der Waals surface area contributed by atoms with Gasteiger partial charge in [0.1, 0.15) is 11.6 Å². The summed E-state index contributed by atoms with van der Waals surface area (Å²) in [6, 6.07) is 11.6. The molecule has 1 aliphatic rings. The Labute approximate surface area is 168 Å². The molecule has 1 atom stereocenters. The van der Waals surface area contributed by atoms with Crippen LogP contribution in [-0.2, 0) is 4.79 Å². The van der Waals surface area contributed by atoms with Gasteiger partial charge in [-0.15, -0.1) is 6.58 Å². The fourth-order valence-corrected chi connectivity index (χ4v) is 3.30. The number of allylic oxidation sites excluding steroid dienone is 1. The van der Waals surface area contributed by atoms with Gasteiger partial charge in [0, 0.05) is 12.2 Å². The summed E-state index contributed by atoms with van der Waals surface area (Å²) in [7, 11) is 1.51. The summed E-state index contributed by atoms with van der Waals surface area (Å²) in [5.74, 6) is -0.369. The van der Waals surface area contributed by atoms with E-state index < -0.39 is 17.8 Å². The van der Waals surface area contributed by atoms with Crippen molar-refractivity contribution in [3.8, 4) is 5.75 Å². The largest absolute Gasteiger partial charge is 0.495 e. The van der Waals surface area contributed by atoms with E-state index in [4.69, 9.17) is 4.74 Å². The van der Waals surface area contributed by atoms with Gasteiger partial charge in [-0.1, -0.05) is 30.3 Å². The Kier molecular flexibility index (Phi) is 5.97. The minimum atomic E-state index is -0.797. The summed E-state index contributed by atoms with van der Waals surface area (Å²) in [6.07, 6.45) is 1.57. The van der Waals surface area contributed by atoms with Gasteiger partial charge < -0.3 is 15.4 Å². The zero-order chi connectivity index (χ0) is 21.0. The molecule has 3 amide bonds. The molecule has 2 aromatic rings. The number of amides is 3. The quantitative estimate of drug-likeness (QED) is 0.727. The van der Waals surface area contributed by atoms with Crippen LogP contribution >= 0.6 is 0 Å². The van der Waals surface area contributed by atoms with Crippen molar-refractivity contribution in [2.24, 2.45) is 0 Å². The number of carbonyl (C=O) groups excluding carboxylic acids is 2. The molecule has 1 aliphatic heterocycles.